The van der Waals surface area contributed by atoms with Gasteiger partial charge in [0.15, 0.2) is 0 Å². The van der Waals surface area contributed by atoms with Crippen LogP contribution in [0.15, 0.2) is 24.3 Å². The molecule has 3 nitrogen and oxygen atoms in total. The van der Waals surface area contributed by atoms with E-state index in [1.54, 1.807) is 0 Å². The monoisotopic (exact) mass is 232 g/mol. The lowest BCUT2D eigenvalue weighted by Crippen LogP contribution is -2.40. The standard InChI is InChI=1S/C14H18NO2/c1-2-4-12-5-3-6-13(11-12)14(16)15-7-9-17-10-8-15/h3,5-6,11H,1-2,4,7-10H2. The number of carbonyl (C=O) groups is 1. The number of benzene rings is 1. The number of aryl methyl sites for hydroxylation is 1. The van der Waals surface area contributed by atoms with Gasteiger partial charge in [0, 0.05) is 18.7 Å². The highest BCUT2D eigenvalue weighted by Gasteiger charge is 2.18. The van der Waals surface area contributed by atoms with Gasteiger partial charge in [0.25, 0.3) is 5.91 Å². The summed E-state index contributed by atoms with van der Waals surface area (Å²) in [6.45, 7) is 6.51. The van der Waals surface area contributed by atoms with Gasteiger partial charge >= 0.3 is 0 Å². The fourth-order valence-electron chi connectivity index (χ4n) is 2.01. The number of amides is 1. The minimum Gasteiger partial charge on any atom is -0.378 e. The minimum absolute atomic E-state index is 0.110. The predicted octanol–water partition coefficient (Wildman–Crippen LogP) is 1.93. The Balaban J connectivity index is 2.09. The van der Waals surface area contributed by atoms with Gasteiger partial charge < -0.3 is 9.64 Å². The summed E-state index contributed by atoms with van der Waals surface area (Å²) in [5.74, 6) is 0.110. The van der Waals surface area contributed by atoms with Crippen LogP contribution in [-0.2, 0) is 11.2 Å². The van der Waals surface area contributed by atoms with Crippen LogP contribution >= 0.6 is 0 Å². The van der Waals surface area contributed by atoms with Crippen molar-refractivity contribution in [3.8, 4) is 0 Å². The second-order valence-electron chi connectivity index (χ2n) is 4.21. The van der Waals surface area contributed by atoms with Gasteiger partial charge in [0.05, 0.1) is 13.2 Å². The van der Waals surface area contributed by atoms with Gasteiger partial charge in [-0.05, 0) is 30.5 Å². The molecule has 17 heavy (non-hydrogen) atoms. The number of nitrogens with zero attached hydrogens (tertiary/aromatic N) is 1. The van der Waals surface area contributed by atoms with E-state index in [1.807, 2.05) is 29.2 Å². The summed E-state index contributed by atoms with van der Waals surface area (Å²) >= 11 is 0. The number of carbonyl (C=O) groups excluding carboxylic acids is 1. The van der Waals surface area contributed by atoms with E-state index in [1.165, 1.54) is 5.56 Å². The molecule has 0 aliphatic carbocycles. The van der Waals surface area contributed by atoms with Crippen molar-refractivity contribution in [3.05, 3.63) is 42.3 Å². The summed E-state index contributed by atoms with van der Waals surface area (Å²) in [4.78, 5) is 14.1. The molecule has 0 atom stereocenters. The van der Waals surface area contributed by atoms with Crippen LogP contribution in [0, 0.1) is 6.92 Å². The van der Waals surface area contributed by atoms with Gasteiger partial charge in [-0.25, -0.2) is 0 Å². The van der Waals surface area contributed by atoms with Crippen LogP contribution in [0.5, 0.6) is 0 Å². The number of morpholine rings is 1. The molecule has 1 aliphatic rings. The molecule has 1 saturated heterocycles. The Morgan fingerprint density at radius 2 is 2.12 bits per heavy atom. The molecule has 1 aromatic rings. The maximum Gasteiger partial charge on any atom is 0.254 e. The summed E-state index contributed by atoms with van der Waals surface area (Å²) in [6, 6.07) is 7.84. The van der Waals surface area contributed by atoms with Crippen molar-refractivity contribution in [2.24, 2.45) is 0 Å². The van der Waals surface area contributed by atoms with Crippen LogP contribution < -0.4 is 0 Å². The highest BCUT2D eigenvalue weighted by molar-refractivity contribution is 5.94. The largest absolute Gasteiger partial charge is 0.378 e. The second kappa shape index (κ2) is 5.82. The molecule has 0 spiro atoms. The Morgan fingerprint density at radius 1 is 1.35 bits per heavy atom. The molecule has 0 bridgehead atoms. The van der Waals surface area contributed by atoms with E-state index < -0.39 is 0 Å². The van der Waals surface area contributed by atoms with Crippen LogP contribution in [0.2, 0.25) is 0 Å². The molecule has 1 fully saturated rings. The van der Waals surface area contributed by atoms with Gasteiger partial charge in [0.2, 0.25) is 0 Å². The Morgan fingerprint density at radius 3 is 2.82 bits per heavy atom. The third kappa shape index (κ3) is 3.07. The first-order chi connectivity index (χ1) is 8.31. The van der Waals surface area contributed by atoms with E-state index in [0.717, 1.165) is 18.4 Å². The summed E-state index contributed by atoms with van der Waals surface area (Å²) in [7, 11) is 0. The molecule has 1 aromatic carbocycles. The smallest absolute Gasteiger partial charge is 0.254 e. The first kappa shape index (κ1) is 12.1. The predicted molar refractivity (Wildman–Crippen MR) is 66.8 cm³/mol. The normalized spacial score (nSPS) is 15.9. The number of rotatable bonds is 3. The highest BCUT2D eigenvalue weighted by Crippen LogP contribution is 2.11. The molecule has 3 heteroatoms. The SMILES string of the molecule is [CH2]CCc1cccc(C(=O)N2CCOCC2)c1. The van der Waals surface area contributed by atoms with E-state index in [2.05, 4.69) is 6.92 Å². The van der Waals surface area contributed by atoms with Gasteiger partial charge in [-0.15, -0.1) is 0 Å². The zero-order valence-electron chi connectivity index (χ0n) is 10.0. The van der Waals surface area contributed by atoms with Crippen LogP contribution in [0.25, 0.3) is 0 Å². The average molecular weight is 232 g/mol. The fourth-order valence-corrected chi connectivity index (χ4v) is 2.01. The molecule has 0 unspecified atom stereocenters. The first-order valence-corrected chi connectivity index (χ1v) is 6.06. The Bertz CT molecular complexity index is 384. The molecule has 91 valence electrons. The summed E-state index contributed by atoms with van der Waals surface area (Å²) in [5.41, 5.74) is 1.96. The Labute approximate surface area is 102 Å². The third-order valence-electron chi connectivity index (χ3n) is 2.94. The third-order valence-corrected chi connectivity index (χ3v) is 2.94. The molecule has 0 aromatic heterocycles. The zero-order valence-corrected chi connectivity index (χ0v) is 10.0. The molecule has 1 radical (unpaired) electrons. The van der Waals surface area contributed by atoms with E-state index >= 15 is 0 Å². The maximum atomic E-state index is 12.2. The molecular formula is C14H18NO2. The minimum atomic E-state index is 0.110. The molecular weight excluding hydrogens is 214 g/mol. The van der Waals surface area contributed by atoms with Crippen LogP contribution in [0.1, 0.15) is 22.3 Å². The van der Waals surface area contributed by atoms with Gasteiger partial charge in [0.1, 0.15) is 0 Å². The lowest BCUT2D eigenvalue weighted by Gasteiger charge is -2.27. The quantitative estimate of drug-likeness (QED) is 0.797. The molecule has 0 saturated carbocycles. The number of hydrogen-bond acceptors (Lipinski definition) is 2. The topological polar surface area (TPSA) is 29.5 Å². The van der Waals surface area contributed by atoms with E-state index in [-0.39, 0.29) is 5.91 Å². The van der Waals surface area contributed by atoms with Crippen molar-refractivity contribution in [2.75, 3.05) is 26.3 Å². The second-order valence-corrected chi connectivity index (χ2v) is 4.21. The van der Waals surface area contributed by atoms with Crippen molar-refractivity contribution in [1.29, 1.82) is 0 Å². The maximum absolute atomic E-state index is 12.2. The van der Waals surface area contributed by atoms with Crippen LogP contribution in [0.4, 0.5) is 0 Å². The molecule has 2 rings (SSSR count). The molecule has 1 aliphatic heterocycles. The van der Waals surface area contributed by atoms with E-state index in [4.69, 9.17) is 4.74 Å². The fraction of sp³-hybridized carbons (Fsp3) is 0.429. The van der Waals surface area contributed by atoms with Gasteiger partial charge in [-0.3, -0.25) is 4.79 Å². The van der Waals surface area contributed by atoms with Crippen LogP contribution in [-0.4, -0.2) is 37.1 Å². The van der Waals surface area contributed by atoms with Crippen molar-refractivity contribution in [1.82, 2.24) is 4.90 Å². The van der Waals surface area contributed by atoms with Crippen molar-refractivity contribution in [2.45, 2.75) is 12.8 Å². The van der Waals surface area contributed by atoms with Crippen molar-refractivity contribution < 1.29 is 9.53 Å². The van der Waals surface area contributed by atoms with Gasteiger partial charge in [-0.2, -0.15) is 0 Å². The van der Waals surface area contributed by atoms with Crippen molar-refractivity contribution >= 4 is 5.91 Å². The Hall–Kier alpha value is -1.35. The molecule has 1 heterocycles. The number of ether oxygens (including phenoxy) is 1. The summed E-state index contributed by atoms with van der Waals surface area (Å²) in [5, 5.41) is 0. The van der Waals surface area contributed by atoms with Gasteiger partial charge in [-0.1, -0.05) is 19.1 Å². The van der Waals surface area contributed by atoms with E-state index in [0.29, 0.717) is 26.3 Å². The number of hydrogen-bond donors (Lipinski definition) is 0. The molecule has 0 N–H and O–H groups in total. The molecule has 1 amide bonds. The van der Waals surface area contributed by atoms with E-state index in [9.17, 15) is 4.79 Å². The summed E-state index contributed by atoms with van der Waals surface area (Å²) in [6.07, 6.45) is 1.78. The zero-order chi connectivity index (χ0) is 12.1. The lowest BCUT2D eigenvalue weighted by molar-refractivity contribution is 0.0303. The summed E-state index contributed by atoms with van der Waals surface area (Å²) < 4.78 is 5.25. The lowest BCUT2D eigenvalue weighted by atomic mass is 10.1. The highest BCUT2D eigenvalue weighted by atomic mass is 16.5. The Kier molecular flexibility index (Phi) is 4.15. The average Bonchev–Trinajstić information content (AvgIpc) is 2.40. The van der Waals surface area contributed by atoms with Crippen molar-refractivity contribution in [3.63, 3.8) is 0 Å². The first-order valence-electron chi connectivity index (χ1n) is 6.06. The van der Waals surface area contributed by atoms with Crippen LogP contribution in [0.3, 0.4) is 0 Å².